The SMILES string of the molecule is CCC(CC)(CNC)c1cc(Cl)c(C)cc1OC. The summed E-state index contributed by atoms with van der Waals surface area (Å²) < 4.78 is 5.55. The van der Waals surface area contributed by atoms with Crippen LogP contribution in [-0.2, 0) is 5.41 Å². The smallest absolute Gasteiger partial charge is 0.123 e. The Kier molecular flexibility index (Phi) is 5.48. The van der Waals surface area contributed by atoms with Gasteiger partial charge in [-0.25, -0.2) is 0 Å². The molecule has 1 aromatic carbocycles. The molecule has 0 heterocycles. The van der Waals surface area contributed by atoms with Crippen LogP contribution < -0.4 is 10.1 Å². The van der Waals surface area contributed by atoms with Crippen molar-refractivity contribution in [3.05, 3.63) is 28.3 Å². The zero-order valence-electron chi connectivity index (χ0n) is 12.1. The molecule has 1 rings (SSSR count). The molecule has 0 fully saturated rings. The molecule has 2 nitrogen and oxygen atoms in total. The average molecular weight is 270 g/mol. The number of hydrogen-bond donors (Lipinski definition) is 1. The van der Waals surface area contributed by atoms with Crippen molar-refractivity contribution in [1.29, 1.82) is 0 Å². The molecule has 0 saturated carbocycles. The maximum Gasteiger partial charge on any atom is 0.123 e. The van der Waals surface area contributed by atoms with Gasteiger partial charge in [0.25, 0.3) is 0 Å². The van der Waals surface area contributed by atoms with Crippen molar-refractivity contribution >= 4 is 11.6 Å². The van der Waals surface area contributed by atoms with Crippen molar-refractivity contribution in [3.63, 3.8) is 0 Å². The summed E-state index contributed by atoms with van der Waals surface area (Å²) in [7, 11) is 3.71. The molecule has 1 aromatic rings. The first kappa shape index (κ1) is 15.3. The normalized spacial score (nSPS) is 11.7. The third-order valence-electron chi connectivity index (χ3n) is 3.92. The number of hydrogen-bond acceptors (Lipinski definition) is 2. The van der Waals surface area contributed by atoms with E-state index in [9.17, 15) is 0 Å². The van der Waals surface area contributed by atoms with E-state index in [1.807, 2.05) is 20.0 Å². The first-order chi connectivity index (χ1) is 8.54. The lowest BCUT2D eigenvalue weighted by molar-refractivity contribution is 0.346. The second-order valence-corrected chi connectivity index (χ2v) is 5.23. The molecule has 1 N–H and O–H groups in total. The number of methoxy groups -OCH3 is 1. The fourth-order valence-electron chi connectivity index (χ4n) is 2.55. The van der Waals surface area contributed by atoms with Crippen LogP contribution in [0.25, 0.3) is 0 Å². The van der Waals surface area contributed by atoms with Crippen molar-refractivity contribution in [2.75, 3.05) is 20.7 Å². The molecule has 102 valence electrons. The minimum absolute atomic E-state index is 0.0808. The van der Waals surface area contributed by atoms with Crippen LogP contribution in [0.4, 0.5) is 0 Å². The zero-order valence-corrected chi connectivity index (χ0v) is 12.8. The van der Waals surface area contributed by atoms with Gasteiger partial charge in [0.2, 0.25) is 0 Å². The van der Waals surface area contributed by atoms with Gasteiger partial charge in [-0.2, -0.15) is 0 Å². The molecule has 0 aromatic heterocycles. The van der Waals surface area contributed by atoms with E-state index in [-0.39, 0.29) is 5.41 Å². The lowest BCUT2D eigenvalue weighted by Crippen LogP contribution is -2.36. The number of nitrogens with one attached hydrogen (secondary N) is 1. The number of halogens is 1. The van der Waals surface area contributed by atoms with Gasteiger partial charge in [-0.05, 0) is 44.5 Å². The molecule has 3 heteroatoms. The van der Waals surface area contributed by atoms with Crippen LogP contribution in [0.15, 0.2) is 12.1 Å². The summed E-state index contributed by atoms with van der Waals surface area (Å²) >= 11 is 6.29. The van der Waals surface area contributed by atoms with Crippen molar-refractivity contribution in [2.24, 2.45) is 0 Å². The summed E-state index contributed by atoms with van der Waals surface area (Å²) in [5, 5.41) is 4.11. The Morgan fingerprint density at radius 3 is 2.33 bits per heavy atom. The number of benzene rings is 1. The highest BCUT2D eigenvalue weighted by molar-refractivity contribution is 6.31. The van der Waals surface area contributed by atoms with Crippen LogP contribution in [0.2, 0.25) is 5.02 Å². The summed E-state index contributed by atoms with van der Waals surface area (Å²) in [5.41, 5.74) is 2.35. The Morgan fingerprint density at radius 2 is 1.89 bits per heavy atom. The van der Waals surface area contributed by atoms with Gasteiger partial charge in [-0.15, -0.1) is 0 Å². The van der Waals surface area contributed by atoms with Crippen LogP contribution >= 0.6 is 11.6 Å². The van der Waals surface area contributed by atoms with Crippen LogP contribution in [0.5, 0.6) is 5.75 Å². The molecule has 0 aliphatic heterocycles. The molecule has 0 unspecified atom stereocenters. The minimum Gasteiger partial charge on any atom is -0.496 e. The minimum atomic E-state index is 0.0808. The van der Waals surface area contributed by atoms with E-state index in [0.29, 0.717) is 0 Å². The third-order valence-corrected chi connectivity index (χ3v) is 4.33. The van der Waals surface area contributed by atoms with Gasteiger partial charge in [-0.1, -0.05) is 25.4 Å². The highest BCUT2D eigenvalue weighted by Gasteiger charge is 2.31. The molecule has 0 bridgehead atoms. The van der Waals surface area contributed by atoms with Gasteiger partial charge in [0.1, 0.15) is 5.75 Å². The predicted octanol–water partition coefficient (Wildman–Crippen LogP) is 3.93. The quantitative estimate of drug-likeness (QED) is 0.845. The number of rotatable bonds is 6. The Morgan fingerprint density at radius 1 is 1.28 bits per heavy atom. The standard InChI is InChI=1S/C15H24ClNO/c1-6-15(7-2,10-17-4)12-9-13(16)11(3)8-14(12)18-5/h8-9,17H,6-7,10H2,1-5H3. The van der Waals surface area contributed by atoms with Crippen LogP contribution in [0.3, 0.4) is 0 Å². The summed E-state index contributed by atoms with van der Waals surface area (Å²) in [6.07, 6.45) is 2.11. The monoisotopic (exact) mass is 269 g/mol. The summed E-state index contributed by atoms with van der Waals surface area (Å²) in [6.45, 7) is 7.37. The fourth-order valence-corrected chi connectivity index (χ4v) is 2.72. The first-order valence-corrected chi connectivity index (χ1v) is 6.91. The molecule has 0 aliphatic carbocycles. The van der Waals surface area contributed by atoms with Crippen molar-refractivity contribution in [3.8, 4) is 5.75 Å². The van der Waals surface area contributed by atoms with E-state index in [2.05, 4.69) is 25.2 Å². The first-order valence-electron chi connectivity index (χ1n) is 6.53. The summed E-state index contributed by atoms with van der Waals surface area (Å²) in [4.78, 5) is 0. The molecule has 0 aliphatic rings. The van der Waals surface area contributed by atoms with Crippen LogP contribution in [-0.4, -0.2) is 20.7 Å². The Labute approximate surface area is 116 Å². The second kappa shape index (κ2) is 6.44. The van der Waals surface area contributed by atoms with Crippen molar-refractivity contribution in [1.82, 2.24) is 5.32 Å². The average Bonchev–Trinajstić information content (AvgIpc) is 2.39. The van der Waals surface area contributed by atoms with Gasteiger partial charge >= 0.3 is 0 Å². The maximum atomic E-state index is 6.29. The topological polar surface area (TPSA) is 21.3 Å². The predicted molar refractivity (Wildman–Crippen MR) is 78.9 cm³/mol. The third kappa shape index (κ3) is 2.81. The summed E-state index contributed by atoms with van der Waals surface area (Å²) in [5.74, 6) is 0.941. The Hall–Kier alpha value is -0.730. The zero-order chi connectivity index (χ0) is 13.8. The molecule has 0 saturated heterocycles. The maximum absolute atomic E-state index is 6.29. The van der Waals surface area contributed by atoms with Gasteiger partial charge < -0.3 is 10.1 Å². The molecular formula is C15H24ClNO. The van der Waals surface area contributed by atoms with E-state index in [1.54, 1.807) is 7.11 Å². The molecular weight excluding hydrogens is 246 g/mol. The lowest BCUT2D eigenvalue weighted by Gasteiger charge is -2.34. The van der Waals surface area contributed by atoms with Crippen LogP contribution in [0.1, 0.15) is 37.8 Å². The molecule has 18 heavy (non-hydrogen) atoms. The van der Waals surface area contributed by atoms with Crippen LogP contribution in [0, 0.1) is 6.92 Å². The summed E-state index contributed by atoms with van der Waals surface area (Å²) in [6, 6.07) is 4.10. The number of likely N-dealkylation sites (N-methyl/N-ethyl adjacent to an activating group) is 1. The lowest BCUT2D eigenvalue weighted by atomic mass is 9.75. The Balaban J connectivity index is 3.39. The molecule has 0 amide bonds. The molecule has 0 spiro atoms. The van der Waals surface area contributed by atoms with Crippen molar-refractivity contribution in [2.45, 2.75) is 39.0 Å². The fraction of sp³-hybridized carbons (Fsp3) is 0.600. The number of aryl methyl sites for hydroxylation is 1. The van der Waals surface area contributed by atoms with E-state index in [4.69, 9.17) is 16.3 Å². The molecule has 0 atom stereocenters. The highest BCUT2D eigenvalue weighted by Crippen LogP contribution is 2.39. The largest absolute Gasteiger partial charge is 0.496 e. The Bertz CT molecular complexity index is 400. The second-order valence-electron chi connectivity index (χ2n) is 4.82. The van der Waals surface area contributed by atoms with E-state index >= 15 is 0 Å². The van der Waals surface area contributed by atoms with Gasteiger partial charge in [0, 0.05) is 22.5 Å². The van der Waals surface area contributed by atoms with E-state index in [1.165, 1.54) is 5.56 Å². The van der Waals surface area contributed by atoms with E-state index < -0.39 is 0 Å². The van der Waals surface area contributed by atoms with Gasteiger partial charge in [0.15, 0.2) is 0 Å². The van der Waals surface area contributed by atoms with Crippen molar-refractivity contribution < 1.29 is 4.74 Å². The highest BCUT2D eigenvalue weighted by atomic mass is 35.5. The van der Waals surface area contributed by atoms with E-state index in [0.717, 1.165) is 35.7 Å². The molecule has 0 radical (unpaired) electrons. The number of ether oxygens (including phenoxy) is 1. The van der Waals surface area contributed by atoms with Gasteiger partial charge in [0.05, 0.1) is 7.11 Å². The van der Waals surface area contributed by atoms with Gasteiger partial charge in [-0.3, -0.25) is 0 Å².